The summed E-state index contributed by atoms with van der Waals surface area (Å²) >= 11 is 1.99. The summed E-state index contributed by atoms with van der Waals surface area (Å²) in [7, 11) is 0. The van der Waals surface area contributed by atoms with E-state index in [9.17, 15) is 0 Å². The van der Waals surface area contributed by atoms with Crippen LogP contribution in [0.3, 0.4) is 0 Å². The first-order valence-corrected chi connectivity index (χ1v) is 5.70. The third-order valence-corrected chi connectivity index (χ3v) is 3.67. The summed E-state index contributed by atoms with van der Waals surface area (Å²) in [5, 5.41) is 0.608. The van der Waals surface area contributed by atoms with E-state index in [1.54, 1.807) is 0 Å². The number of hydrogen-bond donors (Lipinski definition) is 1. The lowest BCUT2D eigenvalue weighted by atomic mass is 10.1. The molecule has 2 atom stereocenters. The van der Waals surface area contributed by atoms with Gasteiger partial charge >= 0.3 is 0 Å². The molecule has 0 unspecified atom stereocenters. The van der Waals surface area contributed by atoms with Gasteiger partial charge in [0, 0.05) is 5.75 Å². The SMILES string of the molecule is CCCC[C@H]1ONC2=CCS[C@@H]21. The largest absolute Gasteiger partial charge is 0.272 e. The van der Waals surface area contributed by atoms with Crippen molar-refractivity contribution in [2.75, 3.05) is 5.75 Å². The average molecular weight is 185 g/mol. The van der Waals surface area contributed by atoms with Gasteiger partial charge in [0.2, 0.25) is 0 Å². The Labute approximate surface area is 77.7 Å². The van der Waals surface area contributed by atoms with Gasteiger partial charge in [-0.2, -0.15) is 0 Å². The van der Waals surface area contributed by atoms with Gasteiger partial charge in [0.05, 0.1) is 10.9 Å². The highest BCUT2D eigenvalue weighted by molar-refractivity contribution is 8.00. The number of nitrogens with one attached hydrogen (secondary N) is 1. The third kappa shape index (κ3) is 1.48. The monoisotopic (exact) mass is 185 g/mol. The minimum atomic E-state index is 0.420. The van der Waals surface area contributed by atoms with Gasteiger partial charge < -0.3 is 0 Å². The molecule has 0 saturated carbocycles. The predicted molar refractivity (Wildman–Crippen MR) is 51.9 cm³/mol. The zero-order valence-corrected chi connectivity index (χ0v) is 8.19. The normalized spacial score (nSPS) is 32.9. The lowest BCUT2D eigenvalue weighted by Crippen LogP contribution is -2.17. The molecule has 0 aromatic heterocycles. The van der Waals surface area contributed by atoms with Gasteiger partial charge in [-0.05, 0) is 6.42 Å². The molecule has 0 bridgehead atoms. The maximum absolute atomic E-state index is 5.48. The van der Waals surface area contributed by atoms with Crippen LogP contribution in [0.15, 0.2) is 11.8 Å². The van der Waals surface area contributed by atoms with Gasteiger partial charge in [-0.15, -0.1) is 11.8 Å². The highest BCUT2D eigenvalue weighted by Crippen LogP contribution is 2.35. The van der Waals surface area contributed by atoms with Crippen LogP contribution in [0.1, 0.15) is 26.2 Å². The second kappa shape index (κ2) is 3.71. The smallest absolute Gasteiger partial charge is 0.103 e. The Hall–Kier alpha value is -0.150. The van der Waals surface area contributed by atoms with Gasteiger partial charge in [0.1, 0.15) is 6.10 Å². The van der Waals surface area contributed by atoms with Crippen molar-refractivity contribution in [1.29, 1.82) is 0 Å². The topological polar surface area (TPSA) is 21.3 Å². The van der Waals surface area contributed by atoms with Crippen LogP contribution in [0.4, 0.5) is 0 Å². The molecule has 2 heterocycles. The molecule has 2 nitrogen and oxygen atoms in total. The zero-order chi connectivity index (χ0) is 8.39. The molecule has 0 radical (unpaired) electrons. The van der Waals surface area contributed by atoms with Crippen LogP contribution in [0.5, 0.6) is 0 Å². The third-order valence-electron chi connectivity index (χ3n) is 2.39. The average Bonchev–Trinajstić information content (AvgIpc) is 2.62. The van der Waals surface area contributed by atoms with Crippen molar-refractivity contribution in [3.63, 3.8) is 0 Å². The Morgan fingerprint density at radius 3 is 3.50 bits per heavy atom. The van der Waals surface area contributed by atoms with Crippen molar-refractivity contribution >= 4 is 11.8 Å². The van der Waals surface area contributed by atoms with E-state index in [4.69, 9.17) is 4.84 Å². The molecule has 68 valence electrons. The van der Waals surface area contributed by atoms with Crippen molar-refractivity contribution in [3.05, 3.63) is 11.8 Å². The highest BCUT2D eigenvalue weighted by Gasteiger charge is 2.35. The van der Waals surface area contributed by atoms with Gasteiger partial charge in [-0.3, -0.25) is 10.3 Å². The minimum absolute atomic E-state index is 0.420. The Morgan fingerprint density at radius 1 is 1.75 bits per heavy atom. The maximum Gasteiger partial charge on any atom is 0.103 e. The van der Waals surface area contributed by atoms with Crippen molar-refractivity contribution < 1.29 is 4.84 Å². The zero-order valence-electron chi connectivity index (χ0n) is 7.38. The first-order valence-electron chi connectivity index (χ1n) is 4.65. The molecule has 1 saturated heterocycles. The standard InChI is InChI=1S/C9H15NOS/c1-2-3-4-8-9-7(10-11-8)5-6-12-9/h5,8-10H,2-4,6H2,1H3/t8-,9+/m1/s1. The van der Waals surface area contributed by atoms with Crippen molar-refractivity contribution in [2.45, 2.75) is 37.5 Å². The van der Waals surface area contributed by atoms with Crippen LogP contribution < -0.4 is 5.48 Å². The molecule has 1 N–H and O–H groups in total. The Morgan fingerprint density at radius 2 is 2.67 bits per heavy atom. The Kier molecular flexibility index (Phi) is 2.61. The summed E-state index contributed by atoms with van der Waals surface area (Å²) in [6.07, 6.45) is 6.39. The predicted octanol–water partition coefficient (Wildman–Crippen LogP) is 2.08. The first kappa shape index (κ1) is 8.45. The summed E-state index contributed by atoms with van der Waals surface area (Å²) in [6.45, 7) is 2.22. The van der Waals surface area contributed by atoms with E-state index in [0.717, 1.165) is 5.75 Å². The molecular formula is C9H15NOS. The number of rotatable bonds is 3. The Bertz CT molecular complexity index is 193. The lowest BCUT2D eigenvalue weighted by molar-refractivity contribution is 0.0349. The van der Waals surface area contributed by atoms with Crippen LogP contribution in [0.2, 0.25) is 0 Å². The molecule has 2 aliphatic rings. The maximum atomic E-state index is 5.48. The molecule has 12 heavy (non-hydrogen) atoms. The molecule has 0 aliphatic carbocycles. The van der Waals surface area contributed by atoms with Crippen molar-refractivity contribution in [3.8, 4) is 0 Å². The van der Waals surface area contributed by atoms with Crippen LogP contribution in [0, 0.1) is 0 Å². The fourth-order valence-corrected chi connectivity index (χ4v) is 2.89. The number of fused-ring (bicyclic) bond motifs is 1. The number of hydroxylamine groups is 1. The molecule has 0 amide bonds. The van der Waals surface area contributed by atoms with Crippen LogP contribution >= 0.6 is 11.8 Å². The summed E-state index contributed by atoms with van der Waals surface area (Å²) < 4.78 is 0. The molecule has 2 aliphatic heterocycles. The molecule has 1 fully saturated rings. The molecule has 3 heteroatoms. The number of hydrogen-bond acceptors (Lipinski definition) is 3. The van der Waals surface area contributed by atoms with Crippen LogP contribution in [-0.2, 0) is 4.84 Å². The van der Waals surface area contributed by atoms with Crippen LogP contribution in [-0.4, -0.2) is 17.1 Å². The molecular weight excluding hydrogens is 170 g/mol. The van der Waals surface area contributed by atoms with Crippen molar-refractivity contribution in [2.24, 2.45) is 0 Å². The summed E-state index contributed by atoms with van der Waals surface area (Å²) in [5.41, 5.74) is 4.32. The second-order valence-corrected chi connectivity index (χ2v) is 4.49. The summed E-state index contributed by atoms with van der Waals surface area (Å²) in [5.74, 6) is 1.15. The van der Waals surface area contributed by atoms with Gasteiger partial charge in [-0.1, -0.05) is 25.8 Å². The van der Waals surface area contributed by atoms with E-state index in [1.165, 1.54) is 25.0 Å². The van der Waals surface area contributed by atoms with Crippen LogP contribution in [0.25, 0.3) is 0 Å². The molecule has 0 spiro atoms. The van der Waals surface area contributed by atoms with E-state index in [2.05, 4.69) is 18.5 Å². The quantitative estimate of drug-likeness (QED) is 0.727. The molecule has 0 aromatic rings. The number of thioether (sulfide) groups is 1. The van der Waals surface area contributed by atoms with E-state index in [-0.39, 0.29) is 0 Å². The fourth-order valence-electron chi connectivity index (χ4n) is 1.68. The minimum Gasteiger partial charge on any atom is -0.272 e. The van der Waals surface area contributed by atoms with Gasteiger partial charge in [-0.25, -0.2) is 0 Å². The second-order valence-electron chi connectivity index (χ2n) is 3.31. The molecule has 0 aromatic carbocycles. The molecule has 2 rings (SSSR count). The lowest BCUT2D eigenvalue weighted by Gasteiger charge is -2.12. The number of unbranched alkanes of at least 4 members (excludes halogenated alkanes) is 1. The van der Waals surface area contributed by atoms with E-state index >= 15 is 0 Å². The van der Waals surface area contributed by atoms with E-state index < -0.39 is 0 Å². The highest BCUT2D eigenvalue weighted by atomic mass is 32.2. The first-order chi connectivity index (χ1) is 5.92. The summed E-state index contributed by atoms with van der Waals surface area (Å²) in [4.78, 5) is 5.48. The van der Waals surface area contributed by atoms with Gasteiger partial charge in [0.25, 0.3) is 0 Å². The van der Waals surface area contributed by atoms with Gasteiger partial charge in [0.15, 0.2) is 0 Å². The van der Waals surface area contributed by atoms with E-state index in [1.807, 2.05) is 11.8 Å². The fraction of sp³-hybridized carbons (Fsp3) is 0.778. The van der Waals surface area contributed by atoms with E-state index in [0.29, 0.717) is 11.4 Å². The van der Waals surface area contributed by atoms with Crippen molar-refractivity contribution in [1.82, 2.24) is 5.48 Å². The Balaban J connectivity index is 1.88. The summed E-state index contributed by atoms with van der Waals surface area (Å²) in [6, 6.07) is 0.